The molecule has 0 unspecified atom stereocenters. The number of para-hydroxylation sites is 1. The first kappa shape index (κ1) is 17.6. The lowest BCUT2D eigenvalue weighted by Crippen LogP contribution is -2.03. The topological polar surface area (TPSA) is 145 Å². The third kappa shape index (κ3) is 3.05. The minimum Gasteiger partial charge on any atom is -0.867 e. The standard InChI is InChI=1S/C17H12ClN7O3/c1-8-3-2-4-11-13(8)20-16-14(11)22-24-17(21-16)23-19-7-9-5-10(18)6-12(15(9)26)25(27)28/h2-7,26H,1H3,(H2,20,21,23,24)/p-1/b19-7+. The van der Waals surface area contributed by atoms with Crippen LogP contribution in [0.3, 0.4) is 0 Å². The van der Waals surface area contributed by atoms with Gasteiger partial charge in [-0.05, 0) is 29.9 Å². The van der Waals surface area contributed by atoms with Crippen LogP contribution in [0, 0.1) is 17.0 Å². The molecule has 140 valence electrons. The first-order valence-corrected chi connectivity index (χ1v) is 8.37. The number of benzene rings is 2. The molecule has 0 radical (unpaired) electrons. The SMILES string of the molecule is Cc1cccc2c1[nH]c1nc(N/N=C/c3cc(Cl)cc([N+](=O)[O-])c3[O-])nnc12. The van der Waals surface area contributed by atoms with Gasteiger partial charge in [0.2, 0.25) is 0 Å². The summed E-state index contributed by atoms with van der Waals surface area (Å²) in [5.41, 5.74) is 5.01. The summed E-state index contributed by atoms with van der Waals surface area (Å²) in [5.74, 6) is -0.697. The average molecular weight is 397 g/mol. The summed E-state index contributed by atoms with van der Waals surface area (Å²) in [4.78, 5) is 17.6. The van der Waals surface area contributed by atoms with Gasteiger partial charge < -0.3 is 10.1 Å². The van der Waals surface area contributed by atoms with Gasteiger partial charge in [0.1, 0.15) is 5.52 Å². The number of rotatable bonds is 4. The van der Waals surface area contributed by atoms with Gasteiger partial charge in [-0.15, -0.1) is 10.2 Å². The number of fused-ring (bicyclic) bond motifs is 3. The molecule has 4 rings (SSSR count). The molecule has 0 saturated carbocycles. The Hall–Kier alpha value is -3.79. The molecule has 0 aliphatic heterocycles. The van der Waals surface area contributed by atoms with Crippen molar-refractivity contribution in [3.05, 3.63) is 56.6 Å². The van der Waals surface area contributed by atoms with E-state index in [1.807, 2.05) is 25.1 Å². The van der Waals surface area contributed by atoms with Gasteiger partial charge in [-0.2, -0.15) is 10.1 Å². The molecule has 2 heterocycles. The van der Waals surface area contributed by atoms with E-state index in [1.165, 1.54) is 6.07 Å². The zero-order chi connectivity index (χ0) is 19.8. The number of H-pyrrole nitrogens is 1. The van der Waals surface area contributed by atoms with E-state index in [0.29, 0.717) is 11.2 Å². The highest BCUT2D eigenvalue weighted by Gasteiger charge is 2.12. The highest BCUT2D eigenvalue weighted by atomic mass is 35.5. The number of nitro groups is 1. The van der Waals surface area contributed by atoms with Gasteiger partial charge in [-0.3, -0.25) is 10.1 Å². The van der Waals surface area contributed by atoms with Crippen molar-refractivity contribution in [3.63, 3.8) is 0 Å². The Bertz CT molecular complexity index is 1270. The van der Waals surface area contributed by atoms with Crippen molar-refractivity contribution in [1.82, 2.24) is 20.2 Å². The van der Waals surface area contributed by atoms with Crippen LogP contribution in [0.4, 0.5) is 11.6 Å². The van der Waals surface area contributed by atoms with Gasteiger partial charge in [-0.25, -0.2) is 5.43 Å². The van der Waals surface area contributed by atoms with Gasteiger partial charge in [0.05, 0.1) is 16.7 Å². The lowest BCUT2D eigenvalue weighted by molar-refractivity contribution is -0.398. The van der Waals surface area contributed by atoms with Gasteiger partial charge in [0.25, 0.3) is 11.6 Å². The second kappa shape index (κ2) is 6.74. The highest BCUT2D eigenvalue weighted by Crippen LogP contribution is 2.30. The van der Waals surface area contributed by atoms with E-state index in [-0.39, 0.29) is 16.5 Å². The van der Waals surface area contributed by atoms with Gasteiger partial charge in [0, 0.05) is 16.5 Å². The molecule has 28 heavy (non-hydrogen) atoms. The number of anilines is 1. The summed E-state index contributed by atoms with van der Waals surface area (Å²) in [7, 11) is 0. The Morgan fingerprint density at radius 1 is 1.32 bits per heavy atom. The summed E-state index contributed by atoms with van der Waals surface area (Å²) in [6.45, 7) is 1.97. The van der Waals surface area contributed by atoms with E-state index in [9.17, 15) is 15.2 Å². The molecule has 0 atom stereocenters. The van der Waals surface area contributed by atoms with Crippen LogP contribution >= 0.6 is 11.6 Å². The summed E-state index contributed by atoms with van der Waals surface area (Å²) in [6.07, 6.45) is 1.12. The monoisotopic (exact) mass is 396 g/mol. The Balaban J connectivity index is 1.63. The number of aromatic amines is 1. The lowest BCUT2D eigenvalue weighted by Gasteiger charge is -2.10. The number of hydrogen-bond acceptors (Lipinski definition) is 8. The quantitative estimate of drug-likeness (QED) is 0.306. The van der Waals surface area contributed by atoms with Crippen LogP contribution in [0.1, 0.15) is 11.1 Å². The second-order valence-corrected chi connectivity index (χ2v) is 6.36. The summed E-state index contributed by atoms with van der Waals surface area (Å²) < 4.78 is 0. The Morgan fingerprint density at radius 3 is 2.93 bits per heavy atom. The maximum absolute atomic E-state index is 12.0. The predicted octanol–water partition coefficient (Wildman–Crippen LogP) is 2.90. The van der Waals surface area contributed by atoms with Crippen LogP contribution in [-0.4, -0.2) is 31.3 Å². The van der Waals surface area contributed by atoms with E-state index in [0.717, 1.165) is 28.7 Å². The largest absolute Gasteiger partial charge is 0.867 e. The fraction of sp³-hybridized carbons (Fsp3) is 0.0588. The third-order valence-electron chi connectivity index (χ3n) is 4.09. The first-order valence-electron chi connectivity index (χ1n) is 8.00. The highest BCUT2D eigenvalue weighted by molar-refractivity contribution is 6.31. The van der Waals surface area contributed by atoms with E-state index < -0.39 is 16.4 Å². The second-order valence-electron chi connectivity index (χ2n) is 5.93. The summed E-state index contributed by atoms with van der Waals surface area (Å²) in [6, 6.07) is 8.09. The van der Waals surface area contributed by atoms with Crippen molar-refractivity contribution >= 4 is 51.5 Å². The molecule has 0 aliphatic carbocycles. The van der Waals surface area contributed by atoms with Crippen molar-refractivity contribution in [3.8, 4) is 5.75 Å². The third-order valence-corrected chi connectivity index (χ3v) is 4.30. The Kier molecular flexibility index (Phi) is 4.24. The molecule has 4 aromatic rings. The smallest absolute Gasteiger partial charge is 0.265 e. The van der Waals surface area contributed by atoms with Crippen LogP contribution in [0.5, 0.6) is 5.75 Å². The molecule has 2 aromatic heterocycles. The Morgan fingerprint density at radius 2 is 2.14 bits per heavy atom. The van der Waals surface area contributed by atoms with Crippen LogP contribution < -0.4 is 10.5 Å². The number of nitrogens with zero attached hydrogens (tertiary/aromatic N) is 5. The molecule has 0 amide bonds. The van der Waals surface area contributed by atoms with Gasteiger partial charge in [-0.1, -0.05) is 29.8 Å². The van der Waals surface area contributed by atoms with Crippen LogP contribution in [-0.2, 0) is 0 Å². The van der Waals surface area contributed by atoms with Gasteiger partial charge in [0.15, 0.2) is 5.65 Å². The number of nitro benzene ring substituents is 1. The molecule has 0 fully saturated rings. The number of nitrogens with one attached hydrogen (secondary N) is 2. The molecule has 2 N–H and O–H groups in total. The maximum atomic E-state index is 12.0. The first-order chi connectivity index (χ1) is 13.4. The zero-order valence-electron chi connectivity index (χ0n) is 14.3. The molecule has 2 aromatic carbocycles. The van der Waals surface area contributed by atoms with Crippen LogP contribution in [0.15, 0.2) is 35.4 Å². The zero-order valence-corrected chi connectivity index (χ0v) is 15.1. The average Bonchev–Trinajstić information content (AvgIpc) is 3.03. The van der Waals surface area contributed by atoms with E-state index in [2.05, 4.69) is 30.7 Å². The molecule has 0 spiro atoms. The molecule has 11 heteroatoms. The molecule has 0 bridgehead atoms. The normalized spacial score (nSPS) is 11.5. The number of aryl methyl sites for hydroxylation is 1. The van der Waals surface area contributed by atoms with Crippen LogP contribution in [0.2, 0.25) is 5.02 Å². The lowest BCUT2D eigenvalue weighted by atomic mass is 10.1. The maximum Gasteiger partial charge on any atom is 0.265 e. The van der Waals surface area contributed by atoms with Crippen molar-refractivity contribution in [2.75, 3.05) is 5.43 Å². The number of halogens is 1. The van der Waals surface area contributed by atoms with Crippen molar-refractivity contribution in [1.29, 1.82) is 0 Å². The molecular formula is C17H11ClN7O3-. The molecular weight excluding hydrogens is 386 g/mol. The molecule has 0 aliphatic rings. The fourth-order valence-electron chi connectivity index (χ4n) is 2.78. The Labute approximate surface area is 162 Å². The van der Waals surface area contributed by atoms with Crippen molar-refractivity contribution in [2.24, 2.45) is 5.10 Å². The van der Waals surface area contributed by atoms with Crippen LogP contribution in [0.25, 0.3) is 22.1 Å². The fourth-order valence-corrected chi connectivity index (χ4v) is 3.00. The molecule has 10 nitrogen and oxygen atoms in total. The van der Waals surface area contributed by atoms with Gasteiger partial charge >= 0.3 is 0 Å². The van der Waals surface area contributed by atoms with E-state index in [1.54, 1.807) is 0 Å². The van der Waals surface area contributed by atoms with Crippen molar-refractivity contribution < 1.29 is 10.0 Å². The van der Waals surface area contributed by atoms with Crippen molar-refractivity contribution in [2.45, 2.75) is 6.92 Å². The minimum atomic E-state index is -0.794. The molecule has 0 saturated heterocycles. The summed E-state index contributed by atoms with van der Waals surface area (Å²) in [5, 5.41) is 35.9. The number of hydrogen-bond donors (Lipinski definition) is 2. The minimum absolute atomic E-state index is 0.0398. The predicted molar refractivity (Wildman–Crippen MR) is 103 cm³/mol. The number of aromatic nitrogens is 4. The summed E-state index contributed by atoms with van der Waals surface area (Å²) >= 11 is 5.81. The van der Waals surface area contributed by atoms with E-state index >= 15 is 0 Å². The van der Waals surface area contributed by atoms with E-state index in [4.69, 9.17) is 11.6 Å². The number of hydrazone groups is 1.